The molecular weight excluding hydrogens is 392 g/mol. The molecule has 0 unspecified atom stereocenters. The number of thioether (sulfide) groups is 1. The van der Waals surface area contributed by atoms with Crippen LogP contribution in [-0.4, -0.2) is 52.3 Å². The molecule has 3 aromatic rings. The summed E-state index contributed by atoms with van der Waals surface area (Å²) in [5, 5.41) is 11.0. The Kier molecular flexibility index (Phi) is 5.72. The van der Waals surface area contributed by atoms with Gasteiger partial charge in [0, 0.05) is 24.5 Å². The number of nitrogens with zero attached hydrogens (tertiary/aromatic N) is 4. The summed E-state index contributed by atoms with van der Waals surface area (Å²) in [5.41, 5.74) is 1.86. The van der Waals surface area contributed by atoms with Gasteiger partial charge >= 0.3 is 0 Å². The monoisotopic (exact) mass is 414 g/mol. The van der Waals surface area contributed by atoms with E-state index < -0.39 is 5.25 Å². The number of amides is 1. The van der Waals surface area contributed by atoms with Crippen LogP contribution in [0.2, 0.25) is 0 Å². The Balaban J connectivity index is 1.36. The molecule has 29 heavy (non-hydrogen) atoms. The smallest absolute Gasteiger partial charge is 0.237 e. The Morgan fingerprint density at radius 1 is 1.21 bits per heavy atom. The Morgan fingerprint density at radius 2 is 1.97 bits per heavy atom. The zero-order valence-electron chi connectivity index (χ0n) is 15.9. The van der Waals surface area contributed by atoms with E-state index in [0.29, 0.717) is 16.7 Å². The lowest BCUT2D eigenvalue weighted by atomic mass is 10.2. The van der Waals surface area contributed by atoms with Crippen molar-refractivity contribution in [3.8, 4) is 11.6 Å². The van der Waals surface area contributed by atoms with E-state index in [2.05, 4.69) is 20.4 Å². The van der Waals surface area contributed by atoms with Gasteiger partial charge in [-0.2, -0.15) is 0 Å². The van der Waals surface area contributed by atoms with Gasteiger partial charge in [-0.05, 0) is 43.3 Å². The van der Waals surface area contributed by atoms with E-state index in [1.54, 1.807) is 19.1 Å². The average Bonchev–Trinajstić information content (AvgIpc) is 3.39. The number of anilines is 2. The molecule has 0 saturated carbocycles. The van der Waals surface area contributed by atoms with Crippen LogP contribution in [0.1, 0.15) is 6.92 Å². The fourth-order valence-electron chi connectivity index (χ4n) is 2.96. The van der Waals surface area contributed by atoms with E-state index in [1.165, 1.54) is 22.7 Å². The van der Waals surface area contributed by atoms with Gasteiger partial charge in [-0.25, -0.2) is 4.68 Å². The highest BCUT2D eigenvalue weighted by Gasteiger charge is 2.21. The van der Waals surface area contributed by atoms with Gasteiger partial charge in [-0.3, -0.25) is 4.79 Å². The molecule has 0 bridgehead atoms. The highest BCUT2D eigenvalue weighted by Crippen LogP contribution is 2.26. The second-order valence-corrected chi connectivity index (χ2v) is 7.86. The molecule has 0 aliphatic carbocycles. The summed E-state index contributed by atoms with van der Waals surface area (Å²) in [4.78, 5) is 14.8. The molecule has 0 spiro atoms. The van der Waals surface area contributed by atoms with Gasteiger partial charge in [0.05, 0.1) is 24.7 Å². The van der Waals surface area contributed by atoms with Crippen LogP contribution in [0.4, 0.5) is 11.4 Å². The number of rotatable bonds is 6. The summed E-state index contributed by atoms with van der Waals surface area (Å²) in [6.07, 6.45) is 1.54. The third-order valence-corrected chi connectivity index (χ3v) is 5.63. The quantitative estimate of drug-likeness (QED) is 0.466. The second-order valence-electron chi connectivity index (χ2n) is 6.55. The lowest BCUT2D eigenvalue weighted by molar-refractivity contribution is -0.115. The normalized spacial score (nSPS) is 15.3. The van der Waals surface area contributed by atoms with Crippen molar-refractivity contribution >= 4 is 29.0 Å². The number of morpholine rings is 1. The number of nitrogen functional groups attached to an aromatic ring is 1. The Hall–Kier alpha value is -2.98. The van der Waals surface area contributed by atoms with Crippen molar-refractivity contribution in [2.45, 2.75) is 17.3 Å². The summed E-state index contributed by atoms with van der Waals surface area (Å²) in [6.45, 7) is 5.02. The van der Waals surface area contributed by atoms with Gasteiger partial charge in [0.15, 0.2) is 5.76 Å². The number of nitrogens with two attached hydrogens (primary N) is 1. The molecule has 0 radical (unpaired) electrons. The minimum absolute atomic E-state index is 0.142. The van der Waals surface area contributed by atoms with E-state index in [-0.39, 0.29) is 5.91 Å². The average molecular weight is 414 g/mol. The van der Waals surface area contributed by atoms with Crippen LogP contribution >= 0.6 is 11.8 Å². The predicted molar refractivity (Wildman–Crippen MR) is 111 cm³/mol. The Morgan fingerprint density at radius 3 is 2.66 bits per heavy atom. The first-order valence-electron chi connectivity index (χ1n) is 9.26. The van der Waals surface area contributed by atoms with Crippen LogP contribution in [0.25, 0.3) is 11.6 Å². The van der Waals surface area contributed by atoms with Gasteiger partial charge < -0.3 is 25.2 Å². The number of hydrogen-bond acceptors (Lipinski definition) is 8. The van der Waals surface area contributed by atoms with Crippen LogP contribution in [0, 0.1) is 0 Å². The lowest BCUT2D eigenvalue weighted by Gasteiger charge is -2.28. The minimum atomic E-state index is -0.412. The first kappa shape index (κ1) is 19.3. The molecule has 3 N–H and O–H groups in total. The van der Waals surface area contributed by atoms with Crippen LogP contribution < -0.4 is 16.1 Å². The number of ether oxygens (including phenoxy) is 1. The molecule has 1 fully saturated rings. The molecule has 9 nitrogen and oxygen atoms in total. The highest BCUT2D eigenvalue weighted by molar-refractivity contribution is 8.00. The van der Waals surface area contributed by atoms with E-state index in [0.717, 1.165) is 37.7 Å². The van der Waals surface area contributed by atoms with Gasteiger partial charge in [-0.15, -0.1) is 10.2 Å². The molecular formula is C19H22N6O3S. The van der Waals surface area contributed by atoms with Gasteiger partial charge in [-0.1, -0.05) is 11.8 Å². The van der Waals surface area contributed by atoms with Gasteiger partial charge in [0.25, 0.3) is 0 Å². The first-order chi connectivity index (χ1) is 14.1. The summed E-state index contributed by atoms with van der Waals surface area (Å²) in [7, 11) is 0. The summed E-state index contributed by atoms with van der Waals surface area (Å²) >= 11 is 1.23. The fourth-order valence-corrected chi connectivity index (χ4v) is 3.73. The fraction of sp³-hybridized carbons (Fsp3) is 0.316. The number of aromatic nitrogens is 3. The molecule has 1 amide bonds. The maximum absolute atomic E-state index is 12.6. The van der Waals surface area contributed by atoms with Crippen molar-refractivity contribution in [1.29, 1.82) is 0 Å². The van der Waals surface area contributed by atoms with Crippen LogP contribution in [-0.2, 0) is 9.53 Å². The maximum Gasteiger partial charge on any atom is 0.237 e. The highest BCUT2D eigenvalue weighted by atomic mass is 32.2. The Labute approximate surface area is 172 Å². The third-order valence-electron chi connectivity index (χ3n) is 4.57. The lowest BCUT2D eigenvalue weighted by Crippen LogP contribution is -2.36. The van der Waals surface area contributed by atoms with Gasteiger partial charge in [0.1, 0.15) is 0 Å². The van der Waals surface area contributed by atoms with Crippen molar-refractivity contribution in [1.82, 2.24) is 14.9 Å². The second kappa shape index (κ2) is 8.58. The number of carbonyl (C=O) groups excluding carboxylic acids is 1. The largest absolute Gasteiger partial charge is 0.461 e. The first-order valence-corrected chi connectivity index (χ1v) is 10.1. The SMILES string of the molecule is C[C@H](Sc1nnc(-c2ccco2)n1N)C(=O)Nc1ccc(N2CCOCC2)cc1. The van der Waals surface area contributed by atoms with E-state index >= 15 is 0 Å². The predicted octanol–water partition coefficient (Wildman–Crippen LogP) is 2.21. The molecule has 3 heterocycles. The molecule has 152 valence electrons. The van der Waals surface area contributed by atoms with E-state index in [4.69, 9.17) is 15.0 Å². The van der Waals surface area contributed by atoms with Crippen LogP contribution in [0.15, 0.2) is 52.2 Å². The van der Waals surface area contributed by atoms with Gasteiger partial charge in [0.2, 0.25) is 16.9 Å². The van der Waals surface area contributed by atoms with Crippen molar-refractivity contribution < 1.29 is 13.9 Å². The molecule has 4 rings (SSSR count). The topological polar surface area (TPSA) is 111 Å². The van der Waals surface area contributed by atoms with Crippen molar-refractivity contribution in [3.05, 3.63) is 42.7 Å². The molecule has 1 aliphatic heterocycles. The zero-order chi connectivity index (χ0) is 20.2. The van der Waals surface area contributed by atoms with Crippen molar-refractivity contribution in [2.75, 3.05) is 42.4 Å². The molecule has 1 saturated heterocycles. The number of hydrogen-bond donors (Lipinski definition) is 2. The van der Waals surface area contributed by atoms with Crippen molar-refractivity contribution in [2.24, 2.45) is 0 Å². The zero-order valence-corrected chi connectivity index (χ0v) is 16.8. The maximum atomic E-state index is 12.6. The summed E-state index contributed by atoms with van der Waals surface area (Å²) in [6, 6.07) is 11.3. The number of benzene rings is 1. The standard InChI is InChI=1S/C19H22N6O3S/c1-13(29-19-23-22-17(25(19)20)16-3-2-10-28-16)18(26)21-14-4-6-15(7-5-14)24-8-11-27-12-9-24/h2-7,10,13H,8-9,11-12,20H2,1H3,(H,21,26)/t13-/m0/s1. The number of carbonyl (C=O) groups is 1. The molecule has 1 atom stereocenters. The minimum Gasteiger partial charge on any atom is -0.461 e. The summed E-state index contributed by atoms with van der Waals surface area (Å²) < 4.78 is 12.0. The number of furan rings is 1. The van der Waals surface area contributed by atoms with Crippen LogP contribution in [0.5, 0.6) is 0 Å². The van der Waals surface area contributed by atoms with Crippen LogP contribution in [0.3, 0.4) is 0 Å². The number of nitrogens with one attached hydrogen (secondary N) is 1. The molecule has 1 aromatic carbocycles. The molecule has 1 aliphatic rings. The Bertz CT molecular complexity index is 951. The summed E-state index contributed by atoms with van der Waals surface area (Å²) in [5.74, 6) is 6.83. The third kappa shape index (κ3) is 4.38. The van der Waals surface area contributed by atoms with Crippen molar-refractivity contribution in [3.63, 3.8) is 0 Å². The molecule has 2 aromatic heterocycles. The molecule has 10 heteroatoms. The van der Waals surface area contributed by atoms with E-state index in [1.807, 2.05) is 24.3 Å². The van der Waals surface area contributed by atoms with E-state index in [9.17, 15) is 4.79 Å².